The second-order valence-corrected chi connectivity index (χ2v) is 8.66. The fourth-order valence-electron chi connectivity index (χ4n) is 3.40. The zero-order valence-corrected chi connectivity index (χ0v) is 18.4. The molecule has 0 radical (unpaired) electrons. The molecule has 0 spiro atoms. The van der Waals surface area contributed by atoms with E-state index in [1.807, 2.05) is 6.07 Å². The molecule has 2 aromatic carbocycles. The summed E-state index contributed by atoms with van der Waals surface area (Å²) in [6.07, 6.45) is 2.56. The fourth-order valence-corrected chi connectivity index (χ4v) is 3.80. The van der Waals surface area contributed by atoms with Crippen LogP contribution in [0.25, 0.3) is 0 Å². The van der Waals surface area contributed by atoms with E-state index in [0.29, 0.717) is 12.1 Å². The number of halogens is 1. The van der Waals surface area contributed by atoms with Gasteiger partial charge in [0, 0.05) is 23.1 Å². The maximum Gasteiger partial charge on any atom is 0.251 e. The van der Waals surface area contributed by atoms with Crippen molar-refractivity contribution in [2.24, 2.45) is 5.92 Å². The van der Waals surface area contributed by atoms with Crippen molar-refractivity contribution in [3.05, 3.63) is 69.7 Å². The van der Waals surface area contributed by atoms with Crippen LogP contribution in [0.1, 0.15) is 41.3 Å². The SMILES string of the molecule is CC1CCN(Cc2ccc(CNC(=O)CNC(=O)c3cccc(Br)c3)cc2)CC1. The van der Waals surface area contributed by atoms with Gasteiger partial charge in [0.2, 0.25) is 5.91 Å². The van der Waals surface area contributed by atoms with Gasteiger partial charge in [-0.25, -0.2) is 0 Å². The zero-order valence-electron chi connectivity index (χ0n) is 16.8. The second-order valence-electron chi connectivity index (χ2n) is 7.74. The second kappa shape index (κ2) is 10.6. The third-order valence-electron chi connectivity index (χ3n) is 5.29. The van der Waals surface area contributed by atoms with Crippen LogP contribution in [0.15, 0.2) is 53.0 Å². The summed E-state index contributed by atoms with van der Waals surface area (Å²) in [6.45, 7) is 6.06. The minimum atomic E-state index is -0.266. The van der Waals surface area contributed by atoms with Crippen LogP contribution in [0.2, 0.25) is 0 Å². The Morgan fingerprint density at radius 1 is 1.03 bits per heavy atom. The lowest BCUT2D eigenvalue weighted by Gasteiger charge is -2.30. The first kappa shape index (κ1) is 21.5. The lowest BCUT2D eigenvalue weighted by atomic mass is 9.99. The smallest absolute Gasteiger partial charge is 0.251 e. The third kappa shape index (κ3) is 6.98. The number of rotatable bonds is 7. The van der Waals surface area contributed by atoms with Crippen molar-refractivity contribution in [2.45, 2.75) is 32.9 Å². The molecule has 5 nitrogen and oxygen atoms in total. The number of piperidine rings is 1. The molecule has 2 N–H and O–H groups in total. The number of amides is 2. The van der Waals surface area contributed by atoms with E-state index in [1.54, 1.807) is 18.2 Å². The Bertz CT molecular complexity index is 830. The zero-order chi connectivity index (χ0) is 20.6. The van der Waals surface area contributed by atoms with Crippen LogP contribution >= 0.6 is 15.9 Å². The Morgan fingerprint density at radius 3 is 2.41 bits per heavy atom. The highest BCUT2D eigenvalue weighted by atomic mass is 79.9. The highest BCUT2D eigenvalue weighted by Crippen LogP contribution is 2.18. The van der Waals surface area contributed by atoms with Gasteiger partial charge >= 0.3 is 0 Å². The molecular formula is C23H28BrN3O2. The molecule has 154 valence electrons. The minimum absolute atomic E-state index is 0.0448. The van der Waals surface area contributed by atoms with E-state index in [-0.39, 0.29) is 18.4 Å². The first-order chi connectivity index (χ1) is 14.0. The molecule has 0 aromatic heterocycles. The van der Waals surface area contributed by atoms with Gasteiger partial charge in [0.1, 0.15) is 0 Å². The van der Waals surface area contributed by atoms with Gasteiger partial charge in [-0.15, -0.1) is 0 Å². The predicted octanol–water partition coefficient (Wildman–Crippen LogP) is 3.73. The summed E-state index contributed by atoms with van der Waals surface area (Å²) in [5.41, 5.74) is 2.87. The normalized spacial score (nSPS) is 15.1. The van der Waals surface area contributed by atoms with Crippen molar-refractivity contribution in [1.29, 1.82) is 0 Å². The lowest BCUT2D eigenvalue weighted by Crippen LogP contribution is -2.36. The minimum Gasteiger partial charge on any atom is -0.350 e. The first-order valence-electron chi connectivity index (χ1n) is 10.1. The molecule has 2 aromatic rings. The molecule has 1 aliphatic rings. The molecule has 0 unspecified atom stereocenters. The number of nitrogens with zero attached hydrogens (tertiary/aromatic N) is 1. The Hall–Kier alpha value is -2.18. The molecule has 1 fully saturated rings. The van der Waals surface area contributed by atoms with Gasteiger partial charge in [0.25, 0.3) is 5.91 Å². The quantitative estimate of drug-likeness (QED) is 0.665. The van der Waals surface area contributed by atoms with E-state index >= 15 is 0 Å². The van der Waals surface area contributed by atoms with Crippen LogP contribution < -0.4 is 10.6 Å². The van der Waals surface area contributed by atoms with Crippen molar-refractivity contribution in [1.82, 2.24) is 15.5 Å². The van der Waals surface area contributed by atoms with Gasteiger partial charge < -0.3 is 10.6 Å². The number of likely N-dealkylation sites (tertiary alicyclic amines) is 1. The van der Waals surface area contributed by atoms with Gasteiger partial charge in [0.05, 0.1) is 6.54 Å². The molecule has 0 atom stereocenters. The predicted molar refractivity (Wildman–Crippen MR) is 118 cm³/mol. The summed E-state index contributed by atoms with van der Waals surface area (Å²) >= 11 is 3.33. The van der Waals surface area contributed by atoms with Crippen LogP contribution in [0.5, 0.6) is 0 Å². The maximum absolute atomic E-state index is 12.1. The van der Waals surface area contributed by atoms with Crippen molar-refractivity contribution in [3.8, 4) is 0 Å². The average molecular weight is 458 g/mol. The van der Waals surface area contributed by atoms with Gasteiger partial charge in [-0.05, 0) is 61.2 Å². The standard InChI is InChI=1S/C23H28BrN3O2/c1-17-9-11-27(12-10-17)16-19-7-5-18(6-8-19)14-25-22(28)15-26-23(29)20-3-2-4-21(24)13-20/h2-8,13,17H,9-12,14-16H2,1H3,(H,25,28)(H,26,29). The first-order valence-corrected chi connectivity index (χ1v) is 10.9. The fraction of sp³-hybridized carbons (Fsp3) is 0.391. The van der Waals surface area contributed by atoms with E-state index in [2.05, 4.69) is 62.7 Å². The number of hydrogen-bond donors (Lipinski definition) is 2. The van der Waals surface area contributed by atoms with E-state index in [0.717, 1.165) is 22.5 Å². The summed E-state index contributed by atoms with van der Waals surface area (Å²) < 4.78 is 0.827. The van der Waals surface area contributed by atoms with Gasteiger partial charge in [-0.1, -0.05) is 53.2 Å². The van der Waals surface area contributed by atoms with Crippen LogP contribution in [0, 0.1) is 5.92 Å². The number of benzene rings is 2. The van der Waals surface area contributed by atoms with E-state index in [1.165, 1.54) is 31.5 Å². The molecule has 1 saturated heterocycles. The Kier molecular flexibility index (Phi) is 7.83. The molecule has 6 heteroatoms. The Balaban J connectivity index is 1.39. The largest absolute Gasteiger partial charge is 0.350 e. The summed E-state index contributed by atoms with van der Waals surface area (Å²) in [7, 11) is 0. The molecule has 0 saturated carbocycles. The highest BCUT2D eigenvalue weighted by molar-refractivity contribution is 9.10. The van der Waals surface area contributed by atoms with E-state index < -0.39 is 0 Å². The van der Waals surface area contributed by atoms with Crippen molar-refractivity contribution < 1.29 is 9.59 Å². The highest BCUT2D eigenvalue weighted by Gasteiger charge is 2.15. The van der Waals surface area contributed by atoms with Crippen LogP contribution in [0.3, 0.4) is 0 Å². The number of hydrogen-bond acceptors (Lipinski definition) is 3. The molecule has 1 aliphatic heterocycles. The van der Waals surface area contributed by atoms with Gasteiger partial charge in [0.15, 0.2) is 0 Å². The van der Waals surface area contributed by atoms with E-state index in [4.69, 9.17) is 0 Å². The summed E-state index contributed by atoms with van der Waals surface area (Å²) in [6, 6.07) is 15.5. The van der Waals surface area contributed by atoms with Crippen LogP contribution in [-0.2, 0) is 17.9 Å². The van der Waals surface area contributed by atoms with Crippen LogP contribution in [-0.4, -0.2) is 36.3 Å². The van der Waals surface area contributed by atoms with Crippen LogP contribution in [0.4, 0.5) is 0 Å². The molecular weight excluding hydrogens is 430 g/mol. The molecule has 29 heavy (non-hydrogen) atoms. The van der Waals surface area contributed by atoms with Crippen molar-refractivity contribution >= 4 is 27.7 Å². The van der Waals surface area contributed by atoms with Crippen molar-refractivity contribution in [2.75, 3.05) is 19.6 Å². The maximum atomic E-state index is 12.1. The lowest BCUT2D eigenvalue weighted by molar-refractivity contribution is -0.120. The summed E-state index contributed by atoms with van der Waals surface area (Å²) in [5.74, 6) is 0.370. The van der Waals surface area contributed by atoms with E-state index in [9.17, 15) is 9.59 Å². The Labute approximate surface area is 181 Å². The molecule has 3 rings (SSSR count). The Morgan fingerprint density at radius 2 is 1.72 bits per heavy atom. The summed E-state index contributed by atoms with van der Waals surface area (Å²) in [5, 5.41) is 5.49. The number of carbonyl (C=O) groups is 2. The molecule has 0 bridgehead atoms. The summed E-state index contributed by atoms with van der Waals surface area (Å²) in [4.78, 5) is 26.6. The number of nitrogens with one attached hydrogen (secondary N) is 2. The average Bonchev–Trinajstić information content (AvgIpc) is 2.73. The molecule has 0 aliphatic carbocycles. The topological polar surface area (TPSA) is 61.4 Å². The molecule has 2 amide bonds. The monoisotopic (exact) mass is 457 g/mol. The third-order valence-corrected chi connectivity index (χ3v) is 5.78. The van der Waals surface area contributed by atoms with Gasteiger partial charge in [-0.3, -0.25) is 14.5 Å². The van der Waals surface area contributed by atoms with Crippen molar-refractivity contribution in [3.63, 3.8) is 0 Å². The number of carbonyl (C=O) groups excluding carboxylic acids is 2. The van der Waals surface area contributed by atoms with Gasteiger partial charge in [-0.2, -0.15) is 0 Å². The molecule has 1 heterocycles.